The van der Waals surface area contributed by atoms with Gasteiger partial charge in [-0.25, -0.2) is 0 Å². The predicted octanol–water partition coefficient (Wildman–Crippen LogP) is 5.31. The lowest BCUT2D eigenvalue weighted by Gasteiger charge is -2.11. The molecule has 0 heterocycles. The molecule has 0 unspecified atom stereocenters. The second kappa shape index (κ2) is 11.0. The van der Waals surface area contributed by atoms with Crippen LogP contribution in [0.5, 0.6) is 11.5 Å². The van der Waals surface area contributed by atoms with Gasteiger partial charge < -0.3 is 14.8 Å². The van der Waals surface area contributed by atoms with Crippen LogP contribution in [0.1, 0.15) is 38.7 Å². The molecule has 2 rings (SSSR count). The first-order chi connectivity index (χ1) is 12.7. The van der Waals surface area contributed by atoms with Crippen LogP contribution in [-0.4, -0.2) is 19.1 Å². The topological polar surface area (TPSA) is 47.6 Å². The van der Waals surface area contributed by atoms with E-state index in [-0.39, 0.29) is 5.91 Å². The van der Waals surface area contributed by atoms with Gasteiger partial charge in [0.15, 0.2) is 0 Å². The largest absolute Gasteiger partial charge is 0.494 e. The Bertz CT molecular complexity index is 708. The van der Waals surface area contributed by atoms with E-state index in [0.717, 1.165) is 30.6 Å². The Labute approximate surface area is 155 Å². The average Bonchev–Trinajstić information content (AvgIpc) is 2.67. The summed E-state index contributed by atoms with van der Waals surface area (Å²) in [5.41, 5.74) is 1.62. The zero-order valence-corrected chi connectivity index (χ0v) is 15.5. The second-order valence-electron chi connectivity index (χ2n) is 5.94. The van der Waals surface area contributed by atoms with Crippen LogP contribution < -0.4 is 14.8 Å². The summed E-state index contributed by atoms with van der Waals surface area (Å²) in [6.45, 7) is 5.54. The molecule has 0 aliphatic heterocycles. The standard InChI is InChI=1S/C22H27NO3/c1-3-5-17-26-21-9-7-6-8-20(21)23-22(24)15-12-18-10-13-19(14-11-18)25-16-4-2/h6-15H,3-5,16-17H2,1-2H3,(H,23,24). The van der Waals surface area contributed by atoms with Gasteiger partial charge in [-0.1, -0.05) is 44.5 Å². The minimum atomic E-state index is -0.192. The number of hydrogen-bond donors (Lipinski definition) is 1. The lowest BCUT2D eigenvalue weighted by atomic mass is 10.2. The first-order valence-corrected chi connectivity index (χ1v) is 9.16. The van der Waals surface area contributed by atoms with Crippen molar-refractivity contribution in [2.24, 2.45) is 0 Å². The molecule has 0 bridgehead atoms. The smallest absolute Gasteiger partial charge is 0.248 e. The van der Waals surface area contributed by atoms with E-state index in [9.17, 15) is 4.79 Å². The Balaban J connectivity index is 1.92. The quantitative estimate of drug-likeness (QED) is 0.465. The van der Waals surface area contributed by atoms with Gasteiger partial charge in [0.1, 0.15) is 11.5 Å². The summed E-state index contributed by atoms with van der Waals surface area (Å²) < 4.78 is 11.3. The number of benzene rings is 2. The fourth-order valence-electron chi connectivity index (χ4n) is 2.26. The van der Waals surface area contributed by atoms with Gasteiger partial charge >= 0.3 is 0 Å². The Kier molecular flexibility index (Phi) is 8.27. The van der Waals surface area contributed by atoms with Crippen LogP contribution in [-0.2, 0) is 4.79 Å². The summed E-state index contributed by atoms with van der Waals surface area (Å²) in [6.07, 6.45) is 6.33. The minimum absolute atomic E-state index is 0.192. The molecule has 0 saturated carbocycles. The molecule has 0 saturated heterocycles. The summed E-state index contributed by atoms with van der Waals surface area (Å²) in [4.78, 5) is 12.2. The van der Waals surface area contributed by atoms with Crippen LogP contribution in [0, 0.1) is 0 Å². The molecule has 1 N–H and O–H groups in total. The number of hydrogen-bond acceptors (Lipinski definition) is 3. The third-order valence-corrected chi connectivity index (χ3v) is 3.68. The third kappa shape index (κ3) is 6.63. The van der Waals surface area contributed by atoms with Crippen molar-refractivity contribution in [2.75, 3.05) is 18.5 Å². The second-order valence-corrected chi connectivity index (χ2v) is 5.94. The number of rotatable bonds is 10. The van der Waals surface area contributed by atoms with Crippen LogP contribution in [0.3, 0.4) is 0 Å². The molecule has 0 aliphatic rings. The number of anilines is 1. The third-order valence-electron chi connectivity index (χ3n) is 3.68. The number of nitrogens with one attached hydrogen (secondary N) is 1. The molecule has 4 nitrogen and oxygen atoms in total. The van der Waals surface area contributed by atoms with Gasteiger partial charge in [0.05, 0.1) is 18.9 Å². The molecule has 0 aliphatic carbocycles. The van der Waals surface area contributed by atoms with E-state index in [4.69, 9.17) is 9.47 Å². The van der Waals surface area contributed by atoms with Crippen molar-refractivity contribution >= 4 is 17.7 Å². The molecule has 0 radical (unpaired) electrons. The van der Waals surface area contributed by atoms with Gasteiger partial charge in [-0.05, 0) is 48.7 Å². The molecule has 138 valence electrons. The van der Waals surface area contributed by atoms with Crippen molar-refractivity contribution in [1.29, 1.82) is 0 Å². The zero-order chi connectivity index (χ0) is 18.6. The van der Waals surface area contributed by atoms with Gasteiger partial charge in [0.25, 0.3) is 0 Å². The molecule has 0 spiro atoms. The van der Waals surface area contributed by atoms with Gasteiger partial charge in [-0.3, -0.25) is 4.79 Å². The van der Waals surface area contributed by atoms with E-state index < -0.39 is 0 Å². The van der Waals surface area contributed by atoms with Crippen LogP contribution in [0.4, 0.5) is 5.69 Å². The monoisotopic (exact) mass is 353 g/mol. The molecule has 0 aromatic heterocycles. The van der Waals surface area contributed by atoms with Gasteiger partial charge in [-0.2, -0.15) is 0 Å². The lowest BCUT2D eigenvalue weighted by molar-refractivity contribution is -0.111. The van der Waals surface area contributed by atoms with Crippen LogP contribution >= 0.6 is 0 Å². The SMILES string of the molecule is CCCCOc1ccccc1NC(=O)C=Cc1ccc(OCCC)cc1. The number of carbonyl (C=O) groups excluding carboxylic acids is 1. The number of ether oxygens (including phenoxy) is 2. The van der Waals surface area contributed by atoms with E-state index in [1.165, 1.54) is 6.08 Å². The van der Waals surface area contributed by atoms with Gasteiger partial charge in [0, 0.05) is 6.08 Å². The van der Waals surface area contributed by atoms with Crippen molar-refractivity contribution in [3.63, 3.8) is 0 Å². The number of carbonyl (C=O) groups is 1. The van der Waals surface area contributed by atoms with E-state index in [1.54, 1.807) is 6.08 Å². The Morgan fingerprint density at radius 3 is 2.46 bits per heavy atom. The fourth-order valence-corrected chi connectivity index (χ4v) is 2.26. The highest BCUT2D eigenvalue weighted by Crippen LogP contribution is 2.24. The molecule has 1 amide bonds. The Morgan fingerprint density at radius 1 is 0.962 bits per heavy atom. The van der Waals surface area contributed by atoms with Crippen LogP contribution in [0.15, 0.2) is 54.6 Å². The summed E-state index contributed by atoms with van der Waals surface area (Å²) in [7, 11) is 0. The summed E-state index contributed by atoms with van der Waals surface area (Å²) >= 11 is 0. The first-order valence-electron chi connectivity index (χ1n) is 9.16. The maximum absolute atomic E-state index is 12.2. The molecule has 4 heteroatoms. The lowest BCUT2D eigenvalue weighted by Crippen LogP contribution is -2.09. The van der Waals surface area contributed by atoms with E-state index in [2.05, 4.69) is 19.2 Å². The molecule has 2 aromatic rings. The molecular weight excluding hydrogens is 326 g/mol. The Hall–Kier alpha value is -2.75. The fraction of sp³-hybridized carbons (Fsp3) is 0.318. The first kappa shape index (κ1) is 19.6. The minimum Gasteiger partial charge on any atom is -0.494 e. The highest BCUT2D eigenvalue weighted by molar-refractivity contribution is 6.02. The summed E-state index contributed by atoms with van der Waals surface area (Å²) in [6, 6.07) is 15.1. The van der Waals surface area contributed by atoms with Crippen LogP contribution in [0.2, 0.25) is 0 Å². The van der Waals surface area contributed by atoms with E-state index >= 15 is 0 Å². The molecule has 26 heavy (non-hydrogen) atoms. The van der Waals surface area contributed by atoms with Crippen molar-refractivity contribution in [2.45, 2.75) is 33.1 Å². The highest BCUT2D eigenvalue weighted by Gasteiger charge is 2.05. The number of amides is 1. The number of para-hydroxylation sites is 2. The average molecular weight is 353 g/mol. The molecular formula is C22H27NO3. The summed E-state index contributed by atoms with van der Waals surface area (Å²) in [5.74, 6) is 1.34. The predicted molar refractivity (Wildman–Crippen MR) is 107 cm³/mol. The van der Waals surface area contributed by atoms with Crippen molar-refractivity contribution in [3.05, 3.63) is 60.2 Å². The molecule has 0 atom stereocenters. The maximum atomic E-state index is 12.2. The normalized spacial score (nSPS) is 10.7. The van der Waals surface area contributed by atoms with Gasteiger partial charge in [-0.15, -0.1) is 0 Å². The van der Waals surface area contributed by atoms with E-state index in [1.807, 2.05) is 48.5 Å². The van der Waals surface area contributed by atoms with Crippen molar-refractivity contribution in [1.82, 2.24) is 0 Å². The molecule has 2 aromatic carbocycles. The van der Waals surface area contributed by atoms with Crippen LogP contribution in [0.25, 0.3) is 6.08 Å². The zero-order valence-electron chi connectivity index (χ0n) is 15.5. The summed E-state index contributed by atoms with van der Waals surface area (Å²) in [5, 5.41) is 2.87. The Morgan fingerprint density at radius 2 is 1.73 bits per heavy atom. The van der Waals surface area contributed by atoms with E-state index in [0.29, 0.717) is 24.7 Å². The molecule has 0 fully saturated rings. The highest BCUT2D eigenvalue weighted by atomic mass is 16.5. The van der Waals surface area contributed by atoms with Gasteiger partial charge in [0.2, 0.25) is 5.91 Å². The van der Waals surface area contributed by atoms with Crippen molar-refractivity contribution < 1.29 is 14.3 Å². The maximum Gasteiger partial charge on any atom is 0.248 e. The number of unbranched alkanes of at least 4 members (excludes halogenated alkanes) is 1. The van der Waals surface area contributed by atoms with Crippen molar-refractivity contribution in [3.8, 4) is 11.5 Å².